The number of aliphatic imine (C=N–C) groups is 1. The van der Waals surface area contributed by atoms with Crippen LogP contribution in [0.3, 0.4) is 0 Å². The summed E-state index contributed by atoms with van der Waals surface area (Å²) < 4.78 is 12.9. The molecule has 0 bridgehead atoms. The molecule has 0 aliphatic carbocycles. The summed E-state index contributed by atoms with van der Waals surface area (Å²) in [4.78, 5) is 16.1. The smallest absolute Gasteiger partial charge is 0.243 e. The molecule has 0 spiro atoms. The van der Waals surface area contributed by atoms with Crippen molar-refractivity contribution in [3.63, 3.8) is 0 Å². The Kier molecular flexibility index (Phi) is 7.14. The summed E-state index contributed by atoms with van der Waals surface area (Å²) in [6, 6.07) is 14.1. The third-order valence-corrected chi connectivity index (χ3v) is 3.99. The maximum absolute atomic E-state index is 12.9. The molecule has 0 aromatic heterocycles. The van der Waals surface area contributed by atoms with Gasteiger partial charge >= 0.3 is 0 Å². The number of nitrogens with one attached hydrogen (secondary N) is 3. The fraction of sp³-hybridized carbons (Fsp3) is 0.300. The van der Waals surface area contributed by atoms with E-state index in [0.717, 1.165) is 0 Å². The van der Waals surface area contributed by atoms with E-state index in [9.17, 15) is 9.18 Å². The number of hydrogen-bond donors (Lipinski definition) is 3. The lowest BCUT2D eigenvalue weighted by atomic mass is 10.0. The summed E-state index contributed by atoms with van der Waals surface area (Å²) in [7, 11) is 1.66. The van der Waals surface area contributed by atoms with Gasteiger partial charge in [-0.15, -0.1) is 0 Å². The highest BCUT2D eigenvalue weighted by Gasteiger charge is 2.08. The van der Waals surface area contributed by atoms with Gasteiger partial charge in [-0.25, -0.2) is 4.39 Å². The first-order valence-electron chi connectivity index (χ1n) is 8.54. The summed E-state index contributed by atoms with van der Waals surface area (Å²) >= 11 is 0. The van der Waals surface area contributed by atoms with Gasteiger partial charge in [-0.3, -0.25) is 9.79 Å². The van der Waals surface area contributed by atoms with Crippen molar-refractivity contribution >= 4 is 17.6 Å². The van der Waals surface area contributed by atoms with Crippen molar-refractivity contribution in [2.75, 3.05) is 25.5 Å². The van der Waals surface area contributed by atoms with Crippen LogP contribution in [0.2, 0.25) is 0 Å². The summed E-state index contributed by atoms with van der Waals surface area (Å²) in [5.74, 6) is 0.292. The lowest BCUT2D eigenvalue weighted by molar-refractivity contribution is -0.115. The second-order valence-corrected chi connectivity index (χ2v) is 6.17. The zero-order chi connectivity index (χ0) is 18.9. The predicted molar refractivity (Wildman–Crippen MR) is 104 cm³/mol. The summed E-state index contributed by atoms with van der Waals surface area (Å²) in [6.07, 6.45) is 0. The number of aryl methyl sites for hydroxylation is 1. The van der Waals surface area contributed by atoms with Gasteiger partial charge in [0.15, 0.2) is 5.96 Å². The van der Waals surface area contributed by atoms with Gasteiger partial charge in [0.05, 0.1) is 6.54 Å². The molecule has 5 nitrogen and oxygen atoms in total. The molecule has 0 aliphatic rings. The fourth-order valence-corrected chi connectivity index (χ4v) is 2.39. The van der Waals surface area contributed by atoms with E-state index in [4.69, 9.17) is 0 Å². The third kappa shape index (κ3) is 6.20. The number of benzene rings is 2. The van der Waals surface area contributed by atoms with Crippen LogP contribution in [0.1, 0.15) is 24.0 Å². The van der Waals surface area contributed by atoms with E-state index < -0.39 is 0 Å². The number of amides is 1. The second-order valence-electron chi connectivity index (χ2n) is 6.17. The quantitative estimate of drug-likeness (QED) is 0.551. The summed E-state index contributed by atoms with van der Waals surface area (Å²) in [6.45, 7) is 4.96. The van der Waals surface area contributed by atoms with E-state index in [1.165, 1.54) is 35.4 Å². The number of carbonyl (C=O) groups is 1. The summed E-state index contributed by atoms with van der Waals surface area (Å²) in [5.41, 5.74) is 3.03. The van der Waals surface area contributed by atoms with Gasteiger partial charge in [0, 0.05) is 19.3 Å². The van der Waals surface area contributed by atoms with Gasteiger partial charge in [-0.1, -0.05) is 36.8 Å². The minimum atomic E-state index is -0.339. The molecule has 2 aromatic carbocycles. The number of hydrogen-bond acceptors (Lipinski definition) is 2. The Labute approximate surface area is 153 Å². The molecule has 0 saturated carbocycles. The molecule has 0 fully saturated rings. The van der Waals surface area contributed by atoms with Gasteiger partial charge in [-0.05, 0) is 42.7 Å². The van der Waals surface area contributed by atoms with Crippen LogP contribution in [0.4, 0.5) is 10.1 Å². The lowest BCUT2D eigenvalue weighted by Crippen LogP contribution is -2.42. The minimum absolute atomic E-state index is 0.0654. The maximum Gasteiger partial charge on any atom is 0.243 e. The molecule has 6 heteroatoms. The maximum atomic E-state index is 12.9. The Morgan fingerprint density at radius 1 is 1.08 bits per heavy atom. The van der Waals surface area contributed by atoms with Gasteiger partial charge in [0.2, 0.25) is 5.91 Å². The van der Waals surface area contributed by atoms with Crippen LogP contribution < -0.4 is 16.0 Å². The number of guanidine groups is 1. The Morgan fingerprint density at radius 3 is 2.35 bits per heavy atom. The zero-order valence-corrected chi connectivity index (χ0v) is 15.3. The number of rotatable bonds is 6. The number of halogens is 1. The third-order valence-electron chi connectivity index (χ3n) is 3.99. The van der Waals surface area contributed by atoms with Gasteiger partial charge < -0.3 is 16.0 Å². The first-order valence-corrected chi connectivity index (χ1v) is 8.54. The van der Waals surface area contributed by atoms with Crippen LogP contribution in [-0.2, 0) is 4.79 Å². The van der Waals surface area contributed by atoms with Crippen LogP contribution in [0.25, 0.3) is 0 Å². The molecule has 0 heterocycles. The molecule has 1 unspecified atom stereocenters. The van der Waals surface area contributed by atoms with E-state index in [1.54, 1.807) is 7.05 Å². The van der Waals surface area contributed by atoms with Crippen molar-refractivity contribution < 1.29 is 9.18 Å². The fourth-order valence-electron chi connectivity index (χ4n) is 2.39. The highest BCUT2D eigenvalue weighted by atomic mass is 19.1. The highest BCUT2D eigenvalue weighted by molar-refractivity contribution is 5.94. The molecule has 138 valence electrons. The second kappa shape index (κ2) is 9.56. The zero-order valence-electron chi connectivity index (χ0n) is 15.3. The minimum Gasteiger partial charge on any atom is -0.356 e. The van der Waals surface area contributed by atoms with Gasteiger partial charge in [0.1, 0.15) is 5.82 Å². The molecular formula is C20H25FN4O. The topological polar surface area (TPSA) is 65.5 Å². The van der Waals surface area contributed by atoms with E-state index in [-0.39, 0.29) is 18.3 Å². The average molecular weight is 356 g/mol. The molecule has 0 saturated heterocycles. The SMILES string of the molecule is CN=C(NCC(=O)Nc1ccc(F)cc1)NCC(C)c1ccc(C)cc1. The van der Waals surface area contributed by atoms with Crippen LogP contribution in [0, 0.1) is 12.7 Å². The molecular weight excluding hydrogens is 331 g/mol. The molecule has 0 aliphatic heterocycles. The highest BCUT2D eigenvalue weighted by Crippen LogP contribution is 2.14. The van der Waals surface area contributed by atoms with Crippen molar-refractivity contribution in [2.45, 2.75) is 19.8 Å². The first kappa shape index (κ1) is 19.4. The van der Waals surface area contributed by atoms with Crippen molar-refractivity contribution in [3.05, 3.63) is 65.5 Å². The normalized spacial score (nSPS) is 12.4. The van der Waals surface area contributed by atoms with Crippen molar-refractivity contribution in [1.29, 1.82) is 0 Å². The molecule has 26 heavy (non-hydrogen) atoms. The Balaban J connectivity index is 1.77. The van der Waals surface area contributed by atoms with E-state index in [0.29, 0.717) is 24.1 Å². The average Bonchev–Trinajstić information content (AvgIpc) is 2.64. The molecule has 1 atom stereocenters. The first-order chi connectivity index (χ1) is 12.5. The van der Waals surface area contributed by atoms with Crippen molar-refractivity contribution in [2.24, 2.45) is 4.99 Å². The monoisotopic (exact) mass is 356 g/mol. The van der Waals surface area contributed by atoms with Crippen LogP contribution in [0.15, 0.2) is 53.5 Å². The number of anilines is 1. The standard InChI is InChI=1S/C20H25FN4O/c1-14-4-6-16(7-5-14)15(2)12-23-20(22-3)24-13-19(26)25-18-10-8-17(21)9-11-18/h4-11,15H,12-13H2,1-3H3,(H,25,26)(H2,22,23,24). The van der Waals surface area contributed by atoms with Crippen molar-refractivity contribution in [1.82, 2.24) is 10.6 Å². The van der Waals surface area contributed by atoms with Crippen LogP contribution in [-0.4, -0.2) is 32.0 Å². The van der Waals surface area contributed by atoms with E-state index in [2.05, 4.69) is 59.1 Å². The molecule has 2 rings (SSSR count). The Morgan fingerprint density at radius 2 is 1.73 bits per heavy atom. The molecule has 1 amide bonds. The predicted octanol–water partition coefficient (Wildman–Crippen LogP) is 3.04. The van der Waals surface area contributed by atoms with Crippen LogP contribution in [0.5, 0.6) is 0 Å². The Bertz CT molecular complexity index is 741. The van der Waals surface area contributed by atoms with E-state index in [1.807, 2.05) is 0 Å². The molecule has 2 aromatic rings. The molecule has 3 N–H and O–H groups in total. The van der Waals surface area contributed by atoms with Crippen molar-refractivity contribution in [3.8, 4) is 0 Å². The van der Waals surface area contributed by atoms with Crippen LogP contribution >= 0.6 is 0 Å². The van der Waals surface area contributed by atoms with Gasteiger partial charge in [-0.2, -0.15) is 0 Å². The largest absolute Gasteiger partial charge is 0.356 e. The number of nitrogens with zero attached hydrogens (tertiary/aromatic N) is 1. The number of carbonyl (C=O) groups excluding carboxylic acids is 1. The summed E-state index contributed by atoms with van der Waals surface area (Å²) in [5, 5.41) is 8.88. The Hall–Kier alpha value is -2.89. The van der Waals surface area contributed by atoms with Gasteiger partial charge in [0.25, 0.3) is 0 Å². The lowest BCUT2D eigenvalue weighted by Gasteiger charge is -2.16. The molecule has 0 radical (unpaired) electrons. The van der Waals surface area contributed by atoms with E-state index >= 15 is 0 Å².